The Morgan fingerprint density at radius 2 is 1.58 bits per heavy atom. The normalized spacial score (nSPS) is 15.2. The fourth-order valence-electron chi connectivity index (χ4n) is 3.96. The minimum Gasteiger partial charge on any atom is -0.497 e. The minimum atomic E-state index is -1.03. The molecule has 0 spiro atoms. The van der Waals surface area contributed by atoms with Gasteiger partial charge in [-0.15, -0.1) is 0 Å². The Balaban J connectivity index is 1.56. The highest BCUT2D eigenvalue weighted by Crippen LogP contribution is 2.30. The van der Waals surface area contributed by atoms with Gasteiger partial charge in [-0.1, -0.05) is 12.1 Å². The molecule has 1 aliphatic rings. The van der Waals surface area contributed by atoms with Crippen LogP contribution in [-0.4, -0.2) is 42.5 Å². The van der Waals surface area contributed by atoms with Crippen molar-refractivity contribution in [2.24, 2.45) is 0 Å². The lowest BCUT2D eigenvalue weighted by Gasteiger charge is -2.21. The van der Waals surface area contributed by atoms with Crippen molar-refractivity contribution in [2.45, 2.75) is 25.9 Å². The zero-order valence-corrected chi connectivity index (χ0v) is 19.9. The fourth-order valence-corrected chi connectivity index (χ4v) is 3.96. The summed E-state index contributed by atoms with van der Waals surface area (Å²) >= 11 is 0. The summed E-state index contributed by atoms with van der Waals surface area (Å²) in [5, 5.41) is 2.77. The molecule has 4 rings (SSSR count). The first kappa shape index (κ1) is 24.7. The quantitative estimate of drug-likeness (QED) is 0.442. The maximum absolute atomic E-state index is 13.4. The third-order valence-electron chi connectivity index (χ3n) is 5.74. The maximum Gasteiger partial charge on any atom is 0.332 e. The summed E-state index contributed by atoms with van der Waals surface area (Å²) < 4.78 is 24.0. The standard InChI is InChI=1S/C27H26FN3O5/c1-3-36-23-12-8-20(9-13-23)29-25(32)16-24-26(33)31(21-10-14-22(35-2)15-11-21)27(34)30(24)17-18-4-6-19(28)7-5-18/h4-15,24H,3,16-17H2,1-2H3,(H,29,32). The summed E-state index contributed by atoms with van der Waals surface area (Å²) in [5.41, 5.74) is 1.53. The number of rotatable bonds is 9. The first-order valence-corrected chi connectivity index (χ1v) is 11.5. The van der Waals surface area contributed by atoms with Crippen molar-refractivity contribution in [3.63, 3.8) is 0 Å². The SMILES string of the molecule is CCOc1ccc(NC(=O)CC2C(=O)N(c3ccc(OC)cc3)C(=O)N2Cc2ccc(F)cc2)cc1. The van der Waals surface area contributed by atoms with Crippen LogP contribution in [0, 0.1) is 5.82 Å². The van der Waals surface area contributed by atoms with Gasteiger partial charge in [0.25, 0.3) is 5.91 Å². The average molecular weight is 492 g/mol. The van der Waals surface area contributed by atoms with Crippen LogP contribution in [0.1, 0.15) is 18.9 Å². The van der Waals surface area contributed by atoms with Gasteiger partial charge in [0.2, 0.25) is 5.91 Å². The molecule has 1 heterocycles. The third kappa shape index (κ3) is 5.46. The number of imide groups is 1. The third-order valence-corrected chi connectivity index (χ3v) is 5.74. The summed E-state index contributed by atoms with van der Waals surface area (Å²) in [6, 6.07) is 17.4. The lowest BCUT2D eigenvalue weighted by atomic mass is 10.1. The number of ether oxygens (including phenoxy) is 2. The van der Waals surface area contributed by atoms with Crippen LogP contribution in [-0.2, 0) is 16.1 Å². The van der Waals surface area contributed by atoms with Crippen molar-refractivity contribution in [2.75, 3.05) is 23.9 Å². The molecule has 1 fully saturated rings. The molecule has 36 heavy (non-hydrogen) atoms. The Kier molecular flexibility index (Phi) is 7.48. The molecule has 0 bridgehead atoms. The van der Waals surface area contributed by atoms with Crippen LogP contribution in [0.25, 0.3) is 0 Å². The molecule has 4 amide bonds. The molecule has 8 nitrogen and oxygen atoms in total. The van der Waals surface area contributed by atoms with Crippen LogP contribution < -0.4 is 19.7 Å². The van der Waals surface area contributed by atoms with E-state index in [9.17, 15) is 18.8 Å². The molecule has 1 aliphatic heterocycles. The molecule has 0 saturated carbocycles. The van der Waals surface area contributed by atoms with E-state index in [4.69, 9.17) is 9.47 Å². The highest BCUT2D eigenvalue weighted by atomic mass is 19.1. The van der Waals surface area contributed by atoms with E-state index >= 15 is 0 Å². The van der Waals surface area contributed by atoms with E-state index in [-0.39, 0.29) is 13.0 Å². The van der Waals surface area contributed by atoms with Crippen LogP contribution >= 0.6 is 0 Å². The van der Waals surface area contributed by atoms with E-state index < -0.39 is 29.7 Å². The summed E-state index contributed by atoms with van der Waals surface area (Å²) in [6.45, 7) is 2.44. The molecule has 0 aliphatic carbocycles. The van der Waals surface area contributed by atoms with Gasteiger partial charge in [0.15, 0.2) is 0 Å². The Bertz CT molecular complexity index is 1230. The number of halogens is 1. The highest BCUT2D eigenvalue weighted by Gasteiger charge is 2.46. The van der Waals surface area contributed by atoms with Gasteiger partial charge in [-0.05, 0) is 73.2 Å². The number of benzene rings is 3. The van der Waals surface area contributed by atoms with E-state index in [0.717, 1.165) is 4.90 Å². The monoisotopic (exact) mass is 491 g/mol. The molecule has 186 valence electrons. The number of nitrogens with one attached hydrogen (secondary N) is 1. The average Bonchev–Trinajstić information content (AvgIpc) is 3.10. The first-order chi connectivity index (χ1) is 17.4. The number of carbonyl (C=O) groups is 3. The molecule has 1 atom stereocenters. The van der Waals surface area contributed by atoms with Gasteiger partial charge in [0.1, 0.15) is 23.4 Å². The molecule has 0 aromatic heterocycles. The van der Waals surface area contributed by atoms with Gasteiger partial charge < -0.3 is 19.7 Å². The second-order valence-electron chi connectivity index (χ2n) is 8.13. The number of methoxy groups -OCH3 is 1. The van der Waals surface area contributed by atoms with Crippen LogP contribution in [0.3, 0.4) is 0 Å². The van der Waals surface area contributed by atoms with Crippen LogP contribution in [0.2, 0.25) is 0 Å². The van der Waals surface area contributed by atoms with E-state index in [1.807, 2.05) is 6.92 Å². The molecule has 1 unspecified atom stereocenters. The van der Waals surface area contributed by atoms with Gasteiger partial charge in [0, 0.05) is 12.2 Å². The van der Waals surface area contributed by atoms with Crippen molar-refractivity contribution in [1.29, 1.82) is 0 Å². The Morgan fingerprint density at radius 3 is 2.19 bits per heavy atom. The zero-order chi connectivity index (χ0) is 25.7. The maximum atomic E-state index is 13.4. The number of carbonyl (C=O) groups excluding carboxylic acids is 3. The molecule has 3 aromatic rings. The van der Waals surface area contributed by atoms with E-state index in [1.54, 1.807) is 60.7 Å². The Morgan fingerprint density at radius 1 is 0.944 bits per heavy atom. The molecule has 0 radical (unpaired) electrons. The smallest absolute Gasteiger partial charge is 0.332 e. The number of nitrogens with zero attached hydrogens (tertiary/aromatic N) is 2. The number of hydrogen-bond donors (Lipinski definition) is 1. The predicted octanol–water partition coefficient (Wildman–Crippen LogP) is 4.60. The topological polar surface area (TPSA) is 88.2 Å². The molecule has 3 aromatic carbocycles. The zero-order valence-electron chi connectivity index (χ0n) is 19.9. The van der Waals surface area contributed by atoms with E-state index in [0.29, 0.717) is 35.0 Å². The summed E-state index contributed by atoms with van der Waals surface area (Å²) in [4.78, 5) is 42.0. The number of urea groups is 1. The van der Waals surface area contributed by atoms with Gasteiger partial charge in [0.05, 0.1) is 25.8 Å². The predicted molar refractivity (Wildman–Crippen MR) is 132 cm³/mol. The largest absolute Gasteiger partial charge is 0.497 e. The summed E-state index contributed by atoms with van der Waals surface area (Å²) in [7, 11) is 1.52. The van der Waals surface area contributed by atoms with Crippen molar-refractivity contribution in [3.05, 3.63) is 84.2 Å². The van der Waals surface area contributed by atoms with E-state index in [1.165, 1.54) is 24.1 Å². The lowest BCUT2D eigenvalue weighted by molar-refractivity contribution is -0.124. The van der Waals surface area contributed by atoms with Crippen molar-refractivity contribution in [1.82, 2.24) is 4.90 Å². The van der Waals surface area contributed by atoms with Crippen LogP contribution in [0.4, 0.5) is 20.6 Å². The summed E-state index contributed by atoms with van der Waals surface area (Å²) in [5.74, 6) is -0.103. The molecule has 1 saturated heterocycles. The van der Waals surface area contributed by atoms with Crippen LogP contribution in [0.15, 0.2) is 72.8 Å². The number of amides is 4. The molecular formula is C27H26FN3O5. The van der Waals surface area contributed by atoms with Gasteiger partial charge in [-0.3, -0.25) is 9.59 Å². The Labute approximate surface area is 208 Å². The van der Waals surface area contributed by atoms with Crippen molar-refractivity contribution < 1.29 is 28.2 Å². The van der Waals surface area contributed by atoms with Gasteiger partial charge in [-0.2, -0.15) is 0 Å². The Hall–Kier alpha value is -4.40. The second-order valence-corrected chi connectivity index (χ2v) is 8.13. The number of hydrogen-bond acceptors (Lipinski definition) is 5. The lowest BCUT2D eigenvalue weighted by Crippen LogP contribution is -2.37. The first-order valence-electron chi connectivity index (χ1n) is 11.5. The van der Waals surface area contributed by atoms with Gasteiger partial charge >= 0.3 is 6.03 Å². The van der Waals surface area contributed by atoms with Gasteiger partial charge in [-0.25, -0.2) is 14.1 Å². The number of anilines is 2. The summed E-state index contributed by atoms with van der Waals surface area (Å²) in [6.07, 6.45) is -0.244. The van der Waals surface area contributed by atoms with Crippen molar-refractivity contribution >= 4 is 29.2 Å². The van der Waals surface area contributed by atoms with Crippen molar-refractivity contribution in [3.8, 4) is 11.5 Å². The minimum absolute atomic E-state index is 0.0402. The molecular weight excluding hydrogens is 465 g/mol. The second kappa shape index (κ2) is 10.9. The highest BCUT2D eigenvalue weighted by molar-refractivity contribution is 6.22. The fraction of sp³-hybridized carbons (Fsp3) is 0.222. The molecule has 1 N–H and O–H groups in total. The van der Waals surface area contributed by atoms with Crippen LogP contribution in [0.5, 0.6) is 11.5 Å². The molecule has 9 heteroatoms. The van der Waals surface area contributed by atoms with E-state index in [2.05, 4.69) is 5.32 Å².